The number of nitrogens with two attached hydrogens (primary N) is 2. The van der Waals surface area contributed by atoms with E-state index in [0.717, 1.165) is 0 Å². The van der Waals surface area contributed by atoms with E-state index in [1.165, 1.54) is 0 Å². The van der Waals surface area contributed by atoms with E-state index in [1.807, 2.05) is 0 Å². The zero-order valence-corrected chi connectivity index (χ0v) is 4.17. The fourth-order valence-corrected chi connectivity index (χ4v) is 0. The standard InChI is InChI=1S/C2H8N2Si/c1-2-5(3)4/h2,5H,1,3-4H2. The molecular formula is C2H8N2Si. The molecule has 0 unspecified atom stereocenters. The summed E-state index contributed by atoms with van der Waals surface area (Å²) in [7, 11) is -1.39. The van der Waals surface area contributed by atoms with Crippen molar-refractivity contribution in [2.45, 2.75) is 0 Å². The van der Waals surface area contributed by atoms with Crippen molar-refractivity contribution < 1.29 is 0 Å². The van der Waals surface area contributed by atoms with Crippen molar-refractivity contribution in [3.63, 3.8) is 0 Å². The minimum atomic E-state index is -1.39. The van der Waals surface area contributed by atoms with Crippen molar-refractivity contribution in [2.75, 3.05) is 0 Å². The molecule has 0 rings (SSSR count). The maximum atomic E-state index is 5.09. The largest absolute Gasteiger partial charge is 0.338 e. The highest BCUT2D eigenvalue weighted by Gasteiger charge is 1.78. The molecule has 0 aliphatic carbocycles. The smallest absolute Gasteiger partial charge is 0.204 e. The van der Waals surface area contributed by atoms with E-state index in [0.29, 0.717) is 0 Å². The van der Waals surface area contributed by atoms with E-state index in [9.17, 15) is 0 Å². The summed E-state index contributed by atoms with van der Waals surface area (Å²) in [4.78, 5) is 0. The van der Waals surface area contributed by atoms with Crippen molar-refractivity contribution >= 4 is 9.12 Å². The first-order valence-electron chi connectivity index (χ1n) is 1.41. The van der Waals surface area contributed by atoms with Crippen LogP contribution in [0.5, 0.6) is 0 Å². The maximum absolute atomic E-state index is 5.09. The fraction of sp³-hybridized carbons (Fsp3) is 0. The highest BCUT2D eigenvalue weighted by atomic mass is 28.3. The molecule has 0 amide bonds. The molecule has 3 heteroatoms. The lowest BCUT2D eigenvalue weighted by molar-refractivity contribution is 1.68. The fourth-order valence-electron chi connectivity index (χ4n) is 0. The molecule has 0 aliphatic rings. The summed E-state index contributed by atoms with van der Waals surface area (Å²) in [6.07, 6.45) is 0. The summed E-state index contributed by atoms with van der Waals surface area (Å²) in [6.45, 7) is 3.37. The lowest BCUT2D eigenvalue weighted by Gasteiger charge is -1.82. The first-order chi connectivity index (χ1) is 2.27. The van der Waals surface area contributed by atoms with Gasteiger partial charge in [0.2, 0.25) is 9.12 Å². The van der Waals surface area contributed by atoms with Gasteiger partial charge in [-0.25, -0.2) is 0 Å². The molecule has 0 atom stereocenters. The topological polar surface area (TPSA) is 52.0 Å². The van der Waals surface area contributed by atoms with E-state index in [1.54, 1.807) is 5.70 Å². The Hall–Kier alpha value is -0.123. The van der Waals surface area contributed by atoms with Gasteiger partial charge in [-0.05, 0) is 0 Å². The predicted octanol–water partition coefficient (Wildman–Crippen LogP) is -1.15. The van der Waals surface area contributed by atoms with Crippen LogP contribution in [0.1, 0.15) is 0 Å². The Labute approximate surface area is 33.2 Å². The molecule has 0 radical (unpaired) electrons. The van der Waals surface area contributed by atoms with E-state index in [-0.39, 0.29) is 0 Å². The van der Waals surface area contributed by atoms with Gasteiger partial charge in [-0.1, -0.05) is 5.70 Å². The summed E-state index contributed by atoms with van der Waals surface area (Å²) >= 11 is 0. The van der Waals surface area contributed by atoms with Gasteiger partial charge < -0.3 is 10.8 Å². The van der Waals surface area contributed by atoms with Gasteiger partial charge in [0.05, 0.1) is 0 Å². The lowest BCUT2D eigenvalue weighted by Crippen LogP contribution is -2.34. The third-order valence-corrected chi connectivity index (χ3v) is 0.816. The lowest BCUT2D eigenvalue weighted by atomic mass is 11.3. The van der Waals surface area contributed by atoms with Crippen LogP contribution in [-0.2, 0) is 0 Å². The first kappa shape index (κ1) is 4.88. The molecule has 30 valence electrons. The van der Waals surface area contributed by atoms with Crippen LogP contribution in [0.4, 0.5) is 0 Å². The first-order valence-corrected chi connectivity index (χ1v) is 3.41. The molecule has 0 spiro atoms. The minimum absolute atomic E-state index is 1.39. The quantitative estimate of drug-likeness (QED) is 0.398. The van der Waals surface area contributed by atoms with Crippen LogP contribution in [0.25, 0.3) is 0 Å². The van der Waals surface area contributed by atoms with Crippen molar-refractivity contribution in [2.24, 2.45) is 10.8 Å². The summed E-state index contributed by atoms with van der Waals surface area (Å²) in [6, 6.07) is 0. The Balaban J connectivity index is 2.83. The number of hydrogen-bond donors (Lipinski definition) is 2. The molecule has 0 aliphatic heterocycles. The monoisotopic (exact) mass is 88.0 g/mol. The molecule has 0 heterocycles. The van der Waals surface area contributed by atoms with Crippen LogP contribution in [0, 0.1) is 0 Å². The average molecular weight is 88.2 g/mol. The number of hydrogen-bond acceptors (Lipinski definition) is 2. The van der Waals surface area contributed by atoms with Crippen molar-refractivity contribution in [1.82, 2.24) is 0 Å². The van der Waals surface area contributed by atoms with Crippen molar-refractivity contribution in [1.29, 1.82) is 0 Å². The summed E-state index contributed by atoms with van der Waals surface area (Å²) in [5.74, 6) is 0. The van der Waals surface area contributed by atoms with E-state index in [4.69, 9.17) is 10.8 Å². The van der Waals surface area contributed by atoms with E-state index >= 15 is 0 Å². The third-order valence-electron chi connectivity index (χ3n) is 0.272. The molecule has 0 aromatic rings. The molecule has 0 saturated heterocycles. The molecule has 2 nitrogen and oxygen atoms in total. The Bertz CT molecular complexity index is 34.6. The minimum Gasteiger partial charge on any atom is -0.338 e. The van der Waals surface area contributed by atoms with Crippen LogP contribution in [-0.4, -0.2) is 9.12 Å². The Kier molecular flexibility index (Phi) is 2.08. The van der Waals surface area contributed by atoms with Crippen LogP contribution in [0.3, 0.4) is 0 Å². The second-order valence-corrected chi connectivity index (χ2v) is 2.44. The van der Waals surface area contributed by atoms with Crippen LogP contribution < -0.4 is 10.8 Å². The van der Waals surface area contributed by atoms with Gasteiger partial charge in [-0.15, -0.1) is 6.58 Å². The van der Waals surface area contributed by atoms with E-state index < -0.39 is 9.12 Å². The van der Waals surface area contributed by atoms with Crippen molar-refractivity contribution in [3.05, 3.63) is 12.3 Å². The predicted molar refractivity (Wildman–Crippen MR) is 25.7 cm³/mol. The van der Waals surface area contributed by atoms with Gasteiger partial charge in [0.15, 0.2) is 0 Å². The second kappa shape index (κ2) is 2.13. The summed E-state index contributed by atoms with van der Waals surface area (Å²) in [5.41, 5.74) is 1.61. The van der Waals surface area contributed by atoms with Crippen LogP contribution >= 0.6 is 0 Å². The molecule has 4 N–H and O–H groups in total. The number of rotatable bonds is 1. The molecule has 0 aromatic heterocycles. The van der Waals surface area contributed by atoms with Gasteiger partial charge in [0, 0.05) is 0 Å². The molecular weight excluding hydrogens is 80.1 g/mol. The van der Waals surface area contributed by atoms with Gasteiger partial charge in [0.25, 0.3) is 0 Å². The third kappa shape index (κ3) is 3.88. The Morgan fingerprint density at radius 3 is 1.80 bits per heavy atom. The zero-order chi connectivity index (χ0) is 4.28. The van der Waals surface area contributed by atoms with Crippen LogP contribution in [0.2, 0.25) is 0 Å². The van der Waals surface area contributed by atoms with Gasteiger partial charge in [-0.2, -0.15) is 0 Å². The van der Waals surface area contributed by atoms with Gasteiger partial charge >= 0.3 is 0 Å². The van der Waals surface area contributed by atoms with Gasteiger partial charge in [0.1, 0.15) is 0 Å². The van der Waals surface area contributed by atoms with Gasteiger partial charge in [-0.3, -0.25) is 0 Å². The molecule has 0 fully saturated rings. The normalized spacial score (nSPS) is 8.60. The summed E-state index contributed by atoms with van der Waals surface area (Å²) in [5, 5.41) is 10.2. The Morgan fingerprint density at radius 2 is 1.80 bits per heavy atom. The summed E-state index contributed by atoms with van der Waals surface area (Å²) < 4.78 is 0. The second-order valence-electron chi connectivity index (χ2n) is 0.813. The van der Waals surface area contributed by atoms with E-state index in [2.05, 4.69) is 6.58 Å². The highest BCUT2D eigenvalue weighted by molar-refractivity contribution is 6.57. The van der Waals surface area contributed by atoms with Crippen LogP contribution in [0.15, 0.2) is 12.3 Å². The molecule has 0 bridgehead atoms. The molecule has 5 heavy (non-hydrogen) atoms. The zero-order valence-electron chi connectivity index (χ0n) is 3.02. The molecule has 0 aromatic carbocycles. The SMILES string of the molecule is C=C[SiH](N)N. The average Bonchev–Trinajstić information content (AvgIpc) is 1.38. The molecule has 0 saturated carbocycles. The maximum Gasteiger partial charge on any atom is 0.204 e. The van der Waals surface area contributed by atoms with Crippen molar-refractivity contribution in [3.8, 4) is 0 Å². The Morgan fingerprint density at radius 1 is 1.60 bits per heavy atom. The highest BCUT2D eigenvalue weighted by Crippen LogP contribution is 1.48.